The van der Waals surface area contributed by atoms with Crippen LogP contribution in [0.1, 0.15) is 39.0 Å². The summed E-state index contributed by atoms with van der Waals surface area (Å²) in [7, 11) is 1.46. The molecule has 0 unspecified atom stereocenters. The van der Waals surface area contributed by atoms with Gasteiger partial charge in [0.25, 0.3) is 0 Å². The molecule has 0 atom stereocenters. The highest BCUT2D eigenvalue weighted by Gasteiger charge is 2.42. The number of aliphatic carboxylic acids is 1. The summed E-state index contributed by atoms with van der Waals surface area (Å²) in [6.45, 7) is 1.39. The van der Waals surface area contributed by atoms with Gasteiger partial charge in [-0.15, -0.1) is 0 Å². The van der Waals surface area contributed by atoms with Gasteiger partial charge in [0.15, 0.2) is 0 Å². The zero-order chi connectivity index (χ0) is 17.7. The number of hydrogen-bond acceptors (Lipinski definition) is 4. The van der Waals surface area contributed by atoms with Gasteiger partial charge >= 0.3 is 5.97 Å². The molecule has 24 heavy (non-hydrogen) atoms. The summed E-state index contributed by atoms with van der Waals surface area (Å²) in [6, 6.07) is 4.84. The number of carbonyl (C=O) groups is 3. The predicted octanol–water partition coefficient (Wildman–Crippen LogP) is 2.63. The van der Waals surface area contributed by atoms with Gasteiger partial charge in [0, 0.05) is 25.1 Å². The zero-order valence-corrected chi connectivity index (χ0v) is 13.8. The van der Waals surface area contributed by atoms with E-state index >= 15 is 0 Å². The van der Waals surface area contributed by atoms with E-state index in [0.717, 1.165) is 12.8 Å². The second-order valence-corrected chi connectivity index (χ2v) is 6.11. The predicted molar refractivity (Wildman–Crippen MR) is 89.1 cm³/mol. The minimum atomic E-state index is -0.954. The van der Waals surface area contributed by atoms with Crippen molar-refractivity contribution in [2.45, 2.75) is 39.0 Å². The van der Waals surface area contributed by atoms with Crippen LogP contribution in [0.3, 0.4) is 0 Å². The van der Waals surface area contributed by atoms with Crippen molar-refractivity contribution in [2.24, 2.45) is 5.41 Å². The van der Waals surface area contributed by atoms with Crippen molar-refractivity contribution in [2.75, 3.05) is 17.7 Å². The van der Waals surface area contributed by atoms with Gasteiger partial charge in [-0.25, -0.2) is 0 Å². The smallest absolute Gasteiger partial charge is 0.310 e. The first-order valence-electron chi connectivity index (χ1n) is 7.85. The topological polar surface area (TPSA) is 105 Å². The number of amides is 2. The Kier molecular flexibility index (Phi) is 5.43. The zero-order valence-electron chi connectivity index (χ0n) is 13.8. The number of rotatable bonds is 6. The van der Waals surface area contributed by atoms with Gasteiger partial charge in [-0.2, -0.15) is 0 Å². The molecule has 0 radical (unpaired) electrons. The summed E-state index contributed by atoms with van der Waals surface area (Å²) >= 11 is 0. The highest BCUT2D eigenvalue weighted by Crippen LogP contribution is 2.41. The fourth-order valence-corrected chi connectivity index (χ4v) is 3.09. The van der Waals surface area contributed by atoms with Crippen LogP contribution in [0.15, 0.2) is 18.2 Å². The number of ether oxygens (including phenoxy) is 1. The summed E-state index contributed by atoms with van der Waals surface area (Å²) in [5, 5.41) is 14.8. The SMILES string of the molecule is COc1cc(NC(=O)CC2(C(=O)O)CCCC2)ccc1NC(C)=O. The van der Waals surface area contributed by atoms with Crippen molar-refractivity contribution in [3.8, 4) is 5.75 Å². The molecular weight excluding hydrogens is 312 g/mol. The number of carbonyl (C=O) groups excluding carboxylic acids is 2. The Morgan fingerprint density at radius 3 is 2.42 bits per heavy atom. The van der Waals surface area contributed by atoms with Crippen molar-refractivity contribution in [3.63, 3.8) is 0 Å². The highest BCUT2D eigenvalue weighted by molar-refractivity contribution is 5.96. The van der Waals surface area contributed by atoms with Crippen molar-refractivity contribution in [1.82, 2.24) is 0 Å². The number of hydrogen-bond donors (Lipinski definition) is 3. The van der Waals surface area contributed by atoms with E-state index in [2.05, 4.69) is 10.6 Å². The number of anilines is 2. The average molecular weight is 334 g/mol. The minimum Gasteiger partial charge on any atom is -0.494 e. The second kappa shape index (κ2) is 7.33. The molecule has 0 heterocycles. The summed E-state index contributed by atoms with van der Waals surface area (Å²) in [4.78, 5) is 34.9. The number of methoxy groups -OCH3 is 1. The Morgan fingerprint density at radius 1 is 1.21 bits per heavy atom. The van der Waals surface area contributed by atoms with Crippen molar-refractivity contribution >= 4 is 29.2 Å². The van der Waals surface area contributed by atoms with Gasteiger partial charge in [-0.1, -0.05) is 12.8 Å². The first kappa shape index (κ1) is 17.8. The van der Waals surface area contributed by atoms with Gasteiger partial charge in [-0.3, -0.25) is 14.4 Å². The van der Waals surface area contributed by atoms with Crippen LogP contribution in [0, 0.1) is 5.41 Å². The minimum absolute atomic E-state index is 0.0436. The molecule has 1 fully saturated rings. The van der Waals surface area contributed by atoms with Crippen LogP contribution in [0.2, 0.25) is 0 Å². The fraction of sp³-hybridized carbons (Fsp3) is 0.471. The number of nitrogens with one attached hydrogen (secondary N) is 2. The molecule has 7 heteroatoms. The molecule has 0 saturated heterocycles. The molecule has 0 spiro atoms. The monoisotopic (exact) mass is 334 g/mol. The van der Waals surface area contributed by atoms with E-state index in [4.69, 9.17) is 4.74 Å². The number of carboxylic acid groups (broad SMARTS) is 1. The average Bonchev–Trinajstić information content (AvgIpc) is 2.98. The Bertz CT molecular complexity index is 650. The summed E-state index contributed by atoms with van der Waals surface area (Å²) < 4.78 is 5.20. The molecule has 1 aliphatic rings. The maximum Gasteiger partial charge on any atom is 0.310 e. The molecule has 0 bridgehead atoms. The molecule has 1 aromatic rings. The third kappa shape index (κ3) is 4.04. The van der Waals surface area contributed by atoms with Crippen LogP contribution in [-0.4, -0.2) is 30.0 Å². The van der Waals surface area contributed by atoms with Gasteiger partial charge in [0.1, 0.15) is 5.75 Å². The van der Waals surface area contributed by atoms with E-state index < -0.39 is 11.4 Å². The van der Waals surface area contributed by atoms with Crippen molar-refractivity contribution in [1.29, 1.82) is 0 Å². The lowest BCUT2D eigenvalue weighted by Crippen LogP contribution is -2.32. The molecular formula is C17H22N2O5. The number of benzene rings is 1. The lowest BCUT2D eigenvalue weighted by molar-refractivity contribution is -0.150. The van der Waals surface area contributed by atoms with Crippen LogP contribution in [0.25, 0.3) is 0 Å². The van der Waals surface area contributed by atoms with E-state index in [1.54, 1.807) is 18.2 Å². The molecule has 130 valence electrons. The van der Waals surface area contributed by atoms with Crippen LogP contribution < -0.4 is 15.4 Å². The molecule has 2 rings (SSSR count). The normalized spacial score (nSPS) is 15.6. The van der Waals surface area contributed by atoms with E-state index in [9.17, 15) is 19.5 Å². The first-order valence-corrected chi connectivity index (χ1v) is 7.85. The maximum absolute atomic E-state index is 12.3. The summed E-state index contributed by atoms with van der Waals surface area (Å²) in [5.74, 6) is -1.06. The Labute approximate surface area is 140 Å². The van der Waals surface area contributed by atoms with Crippen molar-refractivity contribution < 1.29 is 24.2 Å². The van der Waals surface area contributed by atoms with Gasteiger partial charge in [0.2, 0.25) is 11.8 Å². The molecule has 3 N–H and O–H groups in total. The lowest BCUT2D eigenvalue weighted by atomic mass is 9.82. The van der Waals surface area contributed by atoms with Crippen LogP contribution in [-0.2, 0) is 14.4 Å². The Hall–Kier alpha value is -2.57. The van der Waals surface area contributed by atoms with Crippen molar-refractivity contribution in [3.05, 3.63) is 18.2 Å². The summed E-state index contributed by atoms with van der Waals surface area (Å²) in [5.41, 5.74) is 0.0369. The Balaban J connectivity index is 2.08. The highest BCUT2D eigenvalue weighted by atomic mass is 16.5. The molecule has 0 aromatic heterocycles. The molecule has 1 aliphatic carbocycles. The van der Waals surface area contributed by atoms with Gasteiger partial charge in [-0.05, 0) is 25.0 Å². The molecule has 2 amide bonds. The lowest BCUT2D eigenvalue weighted by Gasteiger charge is -2.23. The maximum atomic E-state index is 12.3. The largest absolute Gasteiger partial charge is 0.494 e. The van der Waals surface area contributed by atoms with E-state index in [1.807, 2.05) is 0 Å². The van der Waals surface area contributed by atoms with Gasteiger partial charge < -0.3 is 20.5 Å². The third-order valence-corrected chi connectivity index (χ3v) is 4.31. The van der Waals surface area contributed by atoms with E-state index in [0.29, 0.717) is 30.0 Å². The molecule has 0 aliphatic heterocycles. The van der Waals surface area contributed by atoms with E-state index in [1.165, 1.54) is 14.0 Å². The quantitative estimate of drug-likeness (QED) is 0.742. The van der Waals surface area contributed by atoms with Crippen LogP contribution in [0.4, 0.5) is 11.4 Å². The van der Waals surface area contributed by atoms with E-state index in [-0.39, 0.29) is 18.2 Å². The third-order valence-electron chi connectivity index (χ3n) is 4.31. The standard InChI is InChI=1S/C17H22N2O5/c1-11(20)18-13-6-5-12(9-14(13)24-2)19-15(21)10-17(16(22)23)7-3-4-8-17/h5-6,9H,3-4,7-8,10H2,1-2H3,(H,18,20)(H,19,21)(H,22,23). The second-order valence-electron chi connectivity index (χ2n) is 6.11. The van der Waals surface area contributed by atoms with Gasteiger partial charge in [0.05, 0.1) is 18.2 Å². The summed E-state index contributed by atoms with van der Waals surface area (Å²) in [6.07, 6.45) is 2.68. The fourth-order valence-electron chi connectivity index (χ4n) is 3.09. The number of carboxylic acids is 1. The Morgan fingerprint density at radius 2 is 1.88 bits per heavy atom. The molecule has 1 aromatic carbocycles. The van der Waals surface area contributed by atoms with Crippen LogP contribution in [0.5, 0.6) is 5.75 Å². The molecule has 7 nitrogen and oxygen atoms in total. The van der Waals surface area contributed by atoms with Crippen LogP contribution >= 0.6 is 0 Å². The first-order chi connectivity index (χ1) is 11.4. The molecule has 1 saturated carbocycles.